The minimum absolute atomic E-state index is 0.0961. The summed E-state index contributed by atoms with van der Waals surface area (Å²) in [5.41, 5.74) is 3.90. The van der Waals surface area contributed by atoms with Gasteiger partial charge in [0.05, 0.1) is 14.6 Å². The van der Waals surface area contributed by atoms with Gasteiger partial charge in [-0.2, -0.15) is 0 Å². The number of carbonyl (C=O) groups excluding carboxylic acids is 1. The molecule has 0 saturated heterocycles. The third-order valence-corrected chi connectivity index (χ3v) is 7.53. The molecule has 1 aromatic heterocycles. The first-order valence-electron chi connectivity index (χ1n) is 10.7. The SMILES string of the molecule is CN1CCCc2cc(S(=N)(=O)/C=C/CNC(=O)c3cc4c([nH]c3=O)CCCC4)ccc21. The van der Waals surface area contributed by atoms with Crippen molar-refractivity contribution in [1.82, 2.24) is 10.3 Å². The van der Waals surface area contributed by atoms with Gasteiger partial charge in [-0.1, -0.05) is 6.08 Å². The molecule has 31 heavy (non-hydrogen) atoms. The van der Waals surface area contributed by atoms with Crippen LogP contribution in [0.4, 0.5) is 5.69 Å². The molecule has 8 heteroatoms. The summed E-state index contributed by atoms with van der Waals surface area (Å²) < 4.78 is 21.2. The van der Waals surface area contributed by atoms with E-state index >= 15 is 0 Å². The molecule has 1 unspecified atom stereocenters. The van der Waals surface area contributed by atoms with E-state index in [4.69, 9.17) is 4.78 Å². The molecule has 0 spiro atoms. The molecule has 7 nitrogen and oxygen atoms in total. The summed E-state index contributed by atoms with van der Waals surface area (Å²) in [6.45, 7) is 1.09. The van der Waals surface area contributed by atoms with E-state index in [1.165, 1.54) is 11.5 Å². The molecule has 0 fully saturated rings. The quantitative estimate of drug-likeness (QED) is 0.664. The first-order valence-corrected chi connectivity index (χ1v) is 12.3. The second kappa shape index (κ2) is 8.70. The molecule has 1 aromatic carbocycles. The Kier molecular flexibility index (Phi) is 6.00. The molecule has 1 amide bonds. The monoisotopic (exact) mass is 440 g/mol. The van der Waals surface area contributed by atoms with E-state index in [0.717, 1.165) is 67.6 Å². The van der Waals surface area contributed by atoms with Crippen molar-refractivity contribution in [3.63, 3.8) is 0 Å². The fourth-order valence-corrected chi connectivity index (χ4v) is 5.41. The molecule has 1 aliphatic heterocycles. The van der Waals surface area contributed by atoms with Crippen LogP contribution in [-0.2, 0) is 29.0 Å². The van der Waals surface area contributed by atoms with Crippen molar-refractivity contribution in [3.05, 3.63) is 68.5 Å². The largest absolute Gasteiger partial charge is 0.374 e. The summed E-state index contributed by atoms with van der Waals surface area (Å²) in [6.07, 6.45) is 7.28. The molecule has 4 rings (SSSR count). The van der Waals surface area contributed by atoms with Crippen LogP contribution in [0.1, 0.15) is 46.4 Å². The lowest BCUT2D eigenvalue weighted by atomic mass is 9.95. The van der Waals surface area contributed by atoms with Gasteiger partial charge >= 0.3 is 0 Å². The number of amides is 1. The Balaban J connectivity index is 1.42. The first-order chi connectivity index (χ1) is 14.8. The number of aromatic nitrogens is 1. The van der Waals surface area contributed by atoms with E-state index in [2.05, 4.69) is 15.2 Å². The summed E-state index contributed by atoms with van der Waals surface area (Å²) in [6, 6.07) is 7.21. The van der Waals surface area contributed by atoms with Crippen LogP contribution in [0, 0.1) is 4.78 Å². The lowest BCUT2D eigenvalue weighted by molar-refractivity contribution is 0.0956. The molecule has 0 saturated carbocycles. The normalized spacial score (nSPS) is 17.6. The van der Waals surface area contributed by atoms with Crippen molar-refractivity contribution in [3.8, 4) is 0 Å². The number of nitrogens with one attached hydrogen (secondary N) is 3. The lowest BCUT2D eigenvalue weighted by Crippen LogP contribution is -2.31. The van der Waals surface area contributed by atoms with Crippen molar-refractivity contribution >= 4 is 21.3 Å². The highest BCUT2D eigenvalue weighted by molar-refractivity contribution is 7.95. The van der Waals surface area contributed by atoms with E-state index < -0.39 is 15.6 Å². The van der Waals surface area contributed by atoms with Crippen molar-refractivity contribution in [2.75, 3.05) is 25.0 Å². The third kappa shape index (κ3) is 4.58. The zero-order valence-corrected chi connectivity index (χ0v) is 18.5. The average molecular weight is 441 g/mol. The number of carbonyl (C=O) groups is 1. The first kappa shape index (κ1) is 21.4. The minimum Gasteiger partial charge on any atom is -0.374 e. The van der Waals surface area contributed by atoms with Gasteiger partial charge in [0, 0.05) is 36.9 Å². The van der Waals surface area contributed by atoms with E-state index in [1.54, 1.807) is 12.1 Å². The molecule has 1 atom stereocenters. The molecular weight excluding hydrogens is 412 g/mol. The maximum atomic E-state index is 12.9. The number of rotatable bonds is 5. The van der Waals surface area contributed by atoms with Gasteiger partial charge in [0.2, 0.25) is 0 Å². The summed E-state index contributed by atoms with van der Waals surface area (Å²) in [7, 11) is -1.08. The third-order valence-electron chi connectivity index (χ3n) is 6.00. The summed E-state index contributed by atoms with van der Waals surface area (Å²) >= 11 is 0. The predicted molar refractivity (Wildman–Crippen MR) is 122 cm³/mol. The van der Waals surface area contributed by atoms with Crippen LogP contribution in [0.25, 0.3) is 0 Å². The Hall–Kier alpha value is -2.87. The van der Waals surface area contributed by atoms with Crippen LogP contribution >= 0.6 is 0 Å². The molecule has 2 aromatic rings. The summed E-state index contributed by atoms with van der Waals surface area (Å²) in [5, 5.41) is 4.00. The van der Waals surface area contributed by atoms with Gasteiger partial charge in [0.1, 0.15) is 5.56 Å². The van der Waals surface area contributed by atoms with Crippen molar-refractivity contribution < 1.29 is 9.00 Å². The molecule has 0 radical (unpaired) electrons. The summed E-state index contributed by atoms with van der Waals surface area (Å²) in [4.78, 5) is 30.1. The maximum Gasteiger partial charge on any atom is 0.261 e. The Morgan fingerprint density at radius 3 is 2.81 bits per heavy atom. The van der Waals surface area contributed by atoms with Crippen LogP contribution in [0.3, 0.4) is 0 Å². The number of hydrogen-bond acceptors (Lipinski definition) is 5. The molecule has 2 aliphatic rings. The van der Waals surface area contributed by atoms with E-state index in [1.807, 2.05) is 19.2 Å². The molecule has 0 bridgehead atoms. The molecule has 1 aliphatic carbocycles. The van der Waals surface area contributed by atoms with E-state index in [-0.39, 0.29) is 17.7 Å². The van der Waals surface area contributed by atoms with Gasteiger partial charge in [0.25, 0.3) is 11.5 Å². The summed E-state index contributed by atoms with van der Waals surface area (Å²) in [5.74, 6) is -0.465. The Morgan fingerprint density at radius 1 is 1.19 bits per heavy atom. The van der Waals surface area contributed by atoms with Gasteiger partial charge in [-0.15, -0.1) is 0 Å². The minimum atomic E-state index is -3.11. The zero-order valence-electron chi connectivity index (χ0n) is 17.7. The van der Waals surface area contributed by atoms with E-state index in [9.17, 15) is 13.8 Å². The number of aryl methyl sites for hydroxylation is 3. The number of benzene rings is 1. The highest BCUT2D eigenvalue weighted by Crippen LogP contribution is 2.29. The Morgan fingerprint density at radius 2 is 1.97 bits per heavy atom. The molecule has 3 N–H and O–H groups in total. The van der Waals surface area contributed by atoms with Crippen LogP contribution in [0.15, 0.2) is 45.4 Å². The molecular formula is C23H28N4O3S. The van der Waals surface area contributed by atoms with Crippen molar-refractivity contribution in [2.45, 2.75) is 43.4 Å². The zero-order chi connectivity index (χ0) is 22.0. The lowest BCUT2D eigenvalue weighted by Gasteiger charge is -2.27. The van der Waals surface area contributed by atoms with E-state index in [0.29, 0.717) is 4.90 Å². The van der Waals surface area contributed by atoms with Gasteiger partial charge in [-0.05, 0) is 73.9 Å². The van der Waals surface area contributed by atoms with Gasteiger partial charge in [-0.3, -0.25) is 9.59 Å². The van der Waals surface area contributed by atoms with Crippen LogP contribution in [-0.4, -0.2) is 35.2 Å². The maximum absolute atomic E-state index is 12.9. The number of pyridine rings is 1. The van der Waals surface area contributed by atoms with Crippen LogP contribution in [0.5, 0.6) is 0 Å². The topological polar surface area (TPSA) is 106 Å². The number of hydrogen-bond donors (Lipinski definition) is 3. The second-order valence-corrected chi connectivity index (χ2v) is 10.2. The van der Waals surface area contributed by atoms with Crippen LogP contribution < -0.4 is 15.8 Å². The molecule has 2 heterocycles. The van der Waals surface area contributed by atoms with Crippen LogP contribution in [0.2, 0.25) is 0 Å². The fraction of sp³-hybridized carbons (Fsp3) is 0.391. The predicted octanol–water partition coefficient (Wildman–Crippen LogP) is 2.99. The number of nitrogens with zero attached hydrogens (tertiary/aromatic N) is 1. The standard InChI is InChI=1S/C23H28N4O3S/c1-27-12-4-7-17-14-18(9-10-21(17)27)31(24,30)13-5-11-25-22(28)19-15-16-6-2-3-8-20(16)26-23(19)29/h5,9-10,13-15,24H,2-4,6-8,11-12H2,1H3,(H,25,28)(H,26,29)/b13-5+. The highest BCUT2D eigenvalue weighted by Gasteiger charge is 2.18. The Bertz CT molecular complexity index is 1200. The smallest absolute Gasteiger partial charge is 0.261 e. The number of H-pyrrole nitrogens is 1. The second-order valence-electron chi connectivity index (χ2n) is 8.22. The van der Waals surface area contributed by atoms with Crippen molar-refractivity contribution in [1.29, 1.82) is 4.78 Å². The van der Waals surface area contributed by atoms with Gasteiger partial charge in [0.15, 0.2) is 0 Å². The fourth-order valence-electron chi connectivity index (χ4n) is 4.30. The Labute approximate surface area is 182 Å². The number of aromatic amines is 1. The average Bonchev–Trinajstić information content (AvgIpc) is 2.76. The molecule has 164 valence electrons. The number of fused-ring (bicyclic) bond motifs is 2. The van der Waals surface area contributed by atoms with Crippen molar-refractivity contribution in [2.24, 2.45) is 0 Å². The van der Waals surface area contributed by atoms with Gasteiger partial charge in [-0.25, -0.2) is 8.99 Å². The van der Waals surface area contributed by atoms with Gasteiger partial charge < -0.3 is 15.2 Å². The highest BCUT2D eigenvalue weighted by atomic mass is 32.2. The number of anilines is 1.